The highest BCUT2D eigenvalue weighted by atomic mass is 32.2. The molecule has 1 N–H and O–H groups in total. The molecule has 0 spiro atoms. The van der Waals surface area contributed by atoms with Crippen LogP contribution in [0.1, 0.15) is 55.8 Å². The Kier molecular flexibility index (Phi) is 6.25. The summed E-state index contributed by atoms with van der Waals surface area (Å²) in [5.74, 6) is 0.878. The first-order valence-electron chi connectivity index (χ1n) is 8.55. The summed E-state index contributed by atoms with van der Waals surface area (Å²) in [6, 6.07) is 12.7. The molecule has 2 aromatic rings. The van der Waals surface area contributed by atoms with E-state index >= 15 is 0 Å². The van der Waals surface area contributed by atoms with Gasteiger partial charge in [0, 0.05) is 6.04 Å². The minimum Gasteiger partial charge on any atom is -0.496 e. The van der Waals surface area contributed by atoms with Crippen molar-refractivity contribution < 1.29 is 13.2 Å². The van der Waals surface area contributed by atoms with Crippen molar-refractivity contribution in [1.82, 2.24) is 4.72 Å². The van der Waals surface area contributed by atoms with Crippen LogP contribution in [0, 0.1) is 6.92 Å². The number of methoxy groups -OCH3 is 1. The molecule has 1 atom stereocenters. The molecule has 0 heterocycles. The molecule has 0 saturated carbocycles. The molecule has 0 fully saturated rings. The molecule has 25 heavy (non-hydrogen) atoms. The van der Waals surface area contributed by atoms with Crippen LogP contribution in [0.15, 0.2) is 47.4 Å². The monoisotopic (exact) mass is 361 g/mol. The zero-order chi connectivity index (χ0) is 18.6. The van der Waals surface area contributed by atoms with Gasteiger partial charge in [-0.15, -0.1) is 0 Å². The lowest BCUT2D eigenvalue weighted by atomic mass is 10.0. The number of benzene rings is 2. The van der Waals surface area contributed by atoms with E-state index < -0.39 is 10.0 Å². The van der Waals surface area contributed by atoms with Crippen LogP contribution in [0.5, 0.6) is 5.75 Å². The predicted molar refractivity (Wildman–Crippen MR) is 102 cm³/mol. The summed E-state index contributed by atoms with van der Waals surface area (Å²) in [7, 11) is -2.02. The second-order valence-corrected chi connectivity index (χ2v) is 8.27. The van der Waals surface area contributed by atoms with E-state index in [0.717, 1.165) is 16.7 Å². The van der Waals surface area contributed by atoms with Gasteiger partial charge in [-0.1, -0.05) is 50.6 Å². The molecular weight excluding hydrogens is 334 g/mol. The number of hydrogen-bond donors (Lipinski definition) is 1. The number of aryl methyl sites for hydroxylation is 1. The molecule has 136 valence electrons. The van der Waals surface area contributed by atoms with E-state index in [1.807, 2.05) is 52.0 Å². The molecule has 0 saturated heterocycles. The van der Waals surface area contributed by atoms with Crippen LogP contribution in [0.2, 0.25) is 0 Å². The maximum atomic E-state index is 12.9. The third-order valence-electron chi connectivity index (χ3n) is 4.32. The van der Waals surface area contributed by atoms with Gasteiger partial charge in [-0.3, -0.25) is 0 Å². The van der Waals surface area contributed by atoms with E-state index in [0.29, 0.717) is 12.2 Å². The Bertz CT molecular complexity index is 811. The summed E-state index contributed by atoms with van der Waals surface area (Å²) in [6.07, 6.45) is 0.676. The molecule has 5 heteroatoms. The number of rotatable bonds is 7. The highest BCUT2D eigenvalue weighted by Crippen LogP contribution is 2.29. The van der Waals surface area contributed by atoms with Crippen molar-refractivity contribution in [2.75, 3.05) is 7.11 Å². The first-order valence-corrected chi connectivity index (χ1v) is 10.0. The van der Waals surface area contributed by atoms with E-state index in [4.69, 9.17) is 4.74 Å². The molecule has 0 aliphatic heterocycles. The van der Waals surface area contributed by atoms with E-state index in [1.54, 1.807) is 25.3 Å². The maximum absolute atomic E-state index is 12.9. The Morgan fingerprint density at radius 1 is 1.08 bits per heavy atom. The summed E-state index contributed by atoms with van der Waals surface area (Å²) >= 11 is 0. The first-order chi connectivity index (χ1) is 11.8. The van der Waals surface area contributed by atoms with Crippen LogP contribution < -0.4 is 9.46 Å². The zero-order valence-corrected chi connectivity index (χ0v) is 16.4. The third kappa shape index (κ3) is 4.61. The summed E-state index contributed by atoms with van der Waals surface area (Å²) < 4.78 is 33.9. The largest absolute Gasteiger partial charge is 0.496 e. The number of sulfonamides is 1. The van der Waals surface area contributed by atoms with Gasteiger partial charge in [0.2, 0.25) is 10.0 Å². The van der Waals surface area contributed by atoms with Gasteiger partial charge in [0.1, 0.15) is 5.75 Å². The van der Waals surface area contributed by atoms with Gasteiger partial charge in [-0.05, 0) is 48.6 Å². The topological polar surface area (TPSA) is 55.4 Å². The number of nitrogens with one attached hydrogen (secondary N) is 1. The lowest BCUT2D eigenvalue weighted by Gasteiger charge is -2.19. The molecule has 0 bridgehead atoms. The van der Waals surface area contributed by atoms with Gasteiger partial charge in [0.05, 0.1) is 12.0 Å². The Labute approximate surface area is 151 Å². The lowest BCUT2D eigenvalue weighted by molar-refractivity contribution is 0.407. The zero-order valence-electron chi connectivity index (χ0n) is 15.5. The molecule has 1 unspecified atom stereocenters. The van der Waals surface area contributed by atoms with Crippen LogP contribution >= 0.6 is 0 Å². The van der Waals surface area contributed by atoms with Crippen molar-refractivity contribution in [3.05, 3.63) is 59.2 Å². The van der Waals surface area contributed by atoms with Gasteiger partial charge in [0.25, 0.3) is 0 Å². The Morgan fingerprint density at radius 3 is 2.24 bits per heavy atom. The molecule has 0 amide bonds. The fraction of sp³-hybridized carbons (Fsp3) is 0.400. The van der Waals surface area contributed by atoms with Crippen LogP contribution in [0.4, 0.5) is 0 Å². The smallest absolute Gasteiger partial charge is 0.241 e. The summed E-state index contributed by atoms with van der Waals surface area (Å²) in [4.78, 5) is 0.266. The molecule has 0 aliphatic rings. The standard InChI is InChI=1S/C20H27NO3S/c1-6-19(16-9-7-15(4)8-10-16)21-25(22,23)17-11-12-20(24-5)18(13-17)14(2)3/h7-14,19,21H,6H2,1-5H3. The van der Waals surface area contributed by atoms with Gasteiger partial charge in [-0.25, -0.2) is 13.1 Å². The van der Waals surface area contributed by atoms with Crippen molar-refractivity contribution >= 4 is 10.0 Å². The Hall–Kier alpha value is -1.85. The maximum Gasteiger partial charge on any atom is 0.241 e. The lowest BCUT2D eigenvalue weighted by Crippen LogP contribution is -2.28. The third-order valence-corrected chi connectivity index (χ3v) is 5.79. The van der Waals surface area contributed by atoms with Crippen molar-refractivity contribution in [2.45, 2.75) is 51.0 Å². The van der Waals surface area contributed by atoms with Crippen LogP contribution in [0.25, 0.3) is 0 Å². The van der Waals surface area contributed by atoms with E-state index in [-0.39, 0.29) is 16.9 Å². The molecule has 2 rings (SSSR count). The molecule has 4 nitrogen and oxygen atoms in total. The van der Waals surface area contributed by atoms with E-state index in [9.17, 15) is 8.42 Å². The molecular formula is C20H27NO3S. The van der Waals surface area contributed by atoms with Gasteiger partial charge >= 0.3 is 0 Å². The minimum absolute atomic E-state index is 0.171. The SMILES string of the molecule is CCC(NS(=O)(=O)c1ccc(OC)c(C(C)C)c1)c1ccc(C)cc1. The number of hydrogen-bond acceptors (Lipinski definition) is 3. The Balaban J connectivity index is 2.34. The average molecular weight is 362 g/mol. The van der Waals surface area contributed by atoms with Crippen LogP contribution in [-0.2, 0) is 10.0 Å². The highest BCUT2D eigenvalue weighted by molar-refractivity contribution is 7.89. The van der Waals surface area contributed by atoms with Crippen molar-refractivity contribution in [3.63, 3.8) is 0 Å². The van der Waals surface area contributed by atoms with Crippen molar-refractivity contribution in [3.8, 4) is 5.75 Å². The molecule has 2 aromatic carbocycles. The van der Waals surface area contributed by atoms with Gasteiger partial charge < -0.3 is 4.74 Å². The molecule has 0 aliphatic carbocycles. The fourth-order valence-corrected chi connectivity index (χ4v) is 4.11. The van der Waals surface area contributed by atoms with Crippen LogP contribution in [-0.4, -0.2) is 15.5 Å². The normalized spacial score (nSPS) is 13.0. The van der Waals surface area contributed by atoms with Crippen molar-refractivity contribution in [1.29, 1.82) is 0 Å². The minimum atomic E-state index is -3.62. The van der Waals surface area contributed by atoms with Crippen molar-refractivity contribution in [2.24, 2.45) is 0 Å². The van der Waals surface area contributed by atoms with Crippen LogP contribution in [0.3, 0.4) is 0 Å². The van der Waals surface area contributed by atoms with Gasteiger partial charge in [-0.2, -0.15) is 0 Å². The quantitative estimate of drug-likeness (QED) is 0.787. The molecule has 0 aromatic heterocycles. The summed E-state index contributed by atoms with van der Waals surface area (Å²) in [5.41, 5.74) is 3.00. The second kappa shape index (κ2) is 8.02. The second-order valence-electron chi connectivity index (χ2n) is 6.55. The Morgan fingerprint density at radius 2 is 1.72 bits per heavy atom. The fourth-order valence-electron chi connectivity index (χ4n) is 2.77. The highest BCUT2D eigenvalue weighted by Gasteiger charge is 2.22. The van der Waals surface area contributed by atoms with Gasteiger partial charge in [0.15, 0.2) is 0 Å². The van der Waals surface area contributed by atoms with E-state index in [1.165, 1.54) is 0 Å². The number of ether oxygens (including phenoxy) is 1. The molecule has 0 radical (unpaired) electrons. The summed E-state index contributed by atoms with van der Waals surface area (Å²) in [6.45, 7) is 8.02. The predicted octanol–water partition coefficient (Wildman–Crippen LogP) is 4.56. The summed E-state index contributed by atoms with van der Waals surface area (Å²) in [5, 5.41) is 0. The first kappa shape index (κ1) is 19.5. The van der Waals surface area contributed by atoms with E-state index in [2.05, 4.69) is 4.72 Å². The average Bonchev–Trinajstić information content (AvgIpc) is 2.59.